The molecule has 2 aromatic carbocycles. The van der Waals surface area contributed by atoms with Gasteiger partial charge >= 0.3 is 0 Å². The van der Waals surface area contributed by atoms with Crippen molar-refractivity contribution < 1.29 is 27.9 Å². The van der Waals surface area contributed by atoms with Crippen LogP contribution in [-0.2, 0) is 30.0 Å². The summed E-state index contributed by atoms with van der Waals surface area (Å²) in [4.78, 5) is 24.6. The lowest BCUT2D eigenvalue weighted by Gasteiger charge is -2.28. The van der Waals surface area contributed by atoms with Gasteiger partial charge in [-0.1, -0.05) is 30.3 Å². The molecule has 1 saturated heterocycles. The number of anilines is 1. The first-order valence-corrected chi connectivity index (χ1v) is 10.5. The summed E-state index contributed by atoms with van der Waals surface area (Å²) in [6.45, 7) is -0.393. The first-order valence-electron chi connectivity index (χ1n) is 8.99. The van der Waals surface area contributed by atoms with Crippen molar-refractivity contribution in [3.63, 3.8) is 0 Å². The molecule has 1 atom stereocenters. The Morgan fingerprint density at radius 2 is 1.62 bits per heavy atom. The first-order chi connectivity index (χ1) is 13.8. The van der Waals surface area contributed by atoms with Gasteiger partial charge in [0.1, 0.15) is 5.60 Å². The fourth-order valence-electron chi connectivity index (χ4n) is 3.16. The van der Waals surface area contributed by atoms with Crippen LogP contribution < -0.4 is 9.62 Å². The number of hydrogen-bond donors (Lipinski definition) is 2. The number of methoxy groups -OCH3 is 1. The number of imide groups is 1. The largest absolute Gasteiger partial charge is 0.381 e. The number of rotatable bonds is 8. The number of carbonyl (C=O) groups is 2. The van der Waals surface area contributed by atoms with Gasteiger partial charge in [-0.3, -0.25) is 14.5 Å². The molecule has 2 N–H and O–H groups in total. The molecule has 0 bridgehead atoms. The number of nitrogens with zero attached hydrogens (tertiary/aromatic N) is 1. The van der Waals surface area contributed by atoms with Gasteiger partial charge in [-0.25, -0.2) is 13.1 Å². The molecule has 8 nitrogen and oxygen atoms in total. The smallest absolute Gasteiger partial charge is 0.240 e. The fourth-order valence-corrected chi connectivity index (χ4v) is 4.25. The van der Waals surface area contributed by atoms with Crippen LogP contribution in [0.25, 0.3) is 0 Å². The minimum absolute atomic E-state index is 0.0480. The second kappa shape index (κ2) is 8.42. The van der Waals surface area contributed by atoms with Crippen molar-refractivity contribution in [3.8, 4) is 0 Å². The van der Waals surface area contributed by atoms with E-state index in [4.69, 9.17) is 4.74 Å². The van der Waals surface area contributed by atoms with E-state index in [0.717, 1.165) is 4.90 Å². The molecular formula is C20H22N2O6S. The summed E-state index contributed by atoms with van der Waals surface area (Å²) in [5.41, 5.74) is -0.695. The molecule has 0 aromatic heterocycles. The molecule has 0 saturated carbocycles. The van der Waals surface area contributed by atoms with E-state index in [-0.39, 0.29) is 42.7 Å². The second-order valence-electron chi connectivity index (χ2n) is 6.77. The Morgan fingerprint density at radius 3 is 2.17 bits per heavy atom. The lowest BCUT2D eigenvalue weighted by Crippen LogP contribution is -2.43. The van der Waals surface area contributed by atoms with Crippen LogP contribution in [0.3, 0.4) is 0 Å². The van der Waals surface area contributed by atoms with Crippen molar-refractivity contribution in [1.29, 1.82) is 0 Å². The van der Waals surface area contributed by atoms with Gasteiger partial charge in [-0.05, 0) is 29.8 Å². The van der Waals surface area contributed by atoms with Gasteiger partial charge in [-0.15, -0.1) is 0 Å². The van der Waals surface area contributed by atoms with Crippen LogP contribution in [-0.4, -0.2) is 45.6 Å². The van der Waals surface area contributed by atoms with Gasteiger partial charge < -0.3 is 9.84 Å². The first kappa shape index (κ1) is 21.1. The van der Waals surface area contributed by atoms with Crippen molar-refractivity contribution >= 4 is 27.5 Å². The zero-order valence-corrected chi connectivity index (χ0v) is 16.7. The molecule has 9 heteroatoms. The predicted octanol–water partition coefficient (Wildman–Crippen LogP) is 1.15. The highest BCUT2D eigenvalue weighted by atomic mass is 32.2. The number of benzene rings is 2. The maximum atomic E-state index is 12.7. The summed E-state index contributed by atoms with van der Waals surface area (Å²) < 4.78 is 32.8. The van der Waals surface area contributed by atoms with Crippen molar-refractivity contribution in [2.24, 2.45) is 0 Å². The van der Waals surface area contributed by atoms with Crippen LogP contribution in [0, 0.1) is 0 Å². The maximum Gasteiger partial charge on any atom is 0.240 e. The molecule has 2 aromatic rings. The lowest BCUT2D eigenvalue weighted by molar-refractivity contribution is -0.121. The minimum atomic E-state index is -3.94. The number of aliphatic hydroxyl groups is 1. The van der Waals surface area contributed by atoms with Crippen LogP contribution >= 0.6 is 0 Å². The monoisotopic (exact) mass is 418 g/mol. The molecule has 29 heavy (non-hydrogen) atoms. The Balaban J connectivity index is 1.77. The normalized spacial score (nSPS) is 16.8. The van der Waals surface area contributed by atoms with E-state index in [1.807, 2.05) is 0 Å². The van der Waals surface area contributed by atoms with Crippen LogP contribution in [0.1, 0.15) is 18.4 Å². The average molecular weight is 418 g/mol. The minimum Gasteiger partial charge on any atom is -0.381 e. The zero-order chi connectivity index (χ0) is 21.1. The SMILES string of the molecule is COC[C@@](O)(CNS(=O)(=O)c1ccc(N2C(=O)CCC2=O)cc1)c1ccccc1. The highest BCUT2D eigenvalue weighted by Crippen LogP contribution is 2.25. The summed E-state index contributed by atoms with van der Waals surface area (Å²) in [7, 11) is -2.52. The van der Waals surface area contributed by atoms with Gasteiger partial charge in [0.25, 0.3) is 0 Å². The van der Waals surface area contributed by atoms with E-state index in [9.17, 15) is 23.1 Å². The summed E-state index contributed by atoms with van der Waals surface area (Å²) in [6, 6.07) is 14.1. The summed E-state index contributed by atoms with van der Waals surface area (Å²) >= 11 is 0. The third kappa shape index (κ3) is 4.54. The van der Waals surface area contributed by atoms with Gasteiger partial charge in [-0.2, -0.15) is 0 Å². The summed E-state index contributed by atoms with van der Waals surface area (Å²) in [5.74, 6) is -0.618. The predicted molar refractivity (Wildman–Crippen MR) is 106 cm³/mol. The van der Waals surface area contributed by atoms with Crippen molar-refractivity contribution in [3.05, 3.63) is 60.2 Å². The average Bonchev–Trinajstić information content (AvgIpc) is 3.06. The Labute approximate surface area is 169 Å². The molecule has 0 spiro atoms. The molecule has 2 amide bonds. The molecule has 0 radical (unpaired) electrons. The van der Waals surface area contributed by atoms with Crippen LogP contribution in [0.15, 0.2) is 59.5 Å². The van der Waals surface area contributed by atoms with E-state index in [0.29, 0.717) is 11.3 Å². The van der Waals surface area contributed by atoms with E-state index in [1.165, 1.54) is 31.4 Å². The summed E-state index contributed by atoms with van der Waals surface area (Å²) in [5, 5.41) is 10.9. The van der Waals surface area contributed by atoms with Gasteiger partial charge in [0, 0.05) is 26.5 Å². The van der Waals surface area contributed by atoms with Gasteiger partial charge in [0.15, 0.2) is 0 Å². The van der Waals surface area contributed by atoms with Crippen molar-refractivity contribution in [2.75, 3.05) is 25.2 Å². The van der Waals surface area contributed by atoms with E-state index < -0.39 is 15.6 Å². The Kier molecular flexibility index (Phi) is 6.13. The molecule has 1 heterocycles. The molecule has 154 valence electrons. The lowest BCUT2D eigenvalue weighted by atomic mass is 9.95. The standard InChI is InChI=1S/C20H22N2O6S/c1-28-14-20(25,15-5-3-2-4-6-15)13-21-29(26,27)17-9-7-16(8-10-17)22-18(23)11-12-19(22)24/h2-10,21,25H,11-14H2,1H3/t20-/m0/s1. The second-order valence-corrected chi connectivity index (χ2v) is 8.54. The number of carbonyl (C=O) groups excluding carboxylic acids is 2. The Hall–Kier alpha value is -2.59. The van der Waals surface area contributed by atoms with E-state index >= 15 is 0 Å². The molecule has 3 rings (SSSR count). The van der Waals surface area contributed by atoms with Gasteiger partial charge in [0.2, 0.25) is 21.8 Å². The van der Waals surface area contributed by atoms with E-state index in [2.05, 4.69) is 4.72 Å². The van der Waals surface area contributed by atoms with Crippen molar-refractivity contribution in [1.82, 2.24) is 4.72 Å². The topological polar surface area (TPSA) is 113 Å². The highest BCUT2D eigenvalue weighted by molar-refractivity contribution is 7.89. The number of hydrogen-bond acceptors (Lipinski definition) is 6. The van der Waals surface area contributed by atoms with Gasteiger partial charge in [0.05, 0.1) is 17.2 Å². The number of ether oxygens (including phenoxy) is 1. The highest BCUT2D eigenvalue weighted by Gasteiger charge is 2.32. The van der Waals surface area contributed by atoms with Crippen LogP contribution in [0.2, 0.25) is 0 Å². The van der Waals surface area contributed by atoms with Crippen LogP contribution in [0.4, 0.5) is 5.69 Å². The third-order valence-corrected chi connectivity index (χ3v) is 6.12. The van der Waals surface area contributed by atoms with Crippen LogP contribution in [0.5, 0.6) is 0 Å². The third-order valence-electron chi connectivity index (χ3n) is 4.71. The van der Waals surface area contributed by atoms with Crippen molar-refractivity contribution in [2.45, 2.75) is 23.3 Å². The van der Waals surface area contributed by atoms with E-state index in [1.54, 1.807) is 30.3 Å². The fraction of sp³-hybridized carbons (Fsp3) is 0.300. The molecular weight excluding hydrogens is 396 g/mol. The molecule has 1 aliphatic heterocycles. The Bertz CT molecular complexity index is 975. The molecule has 1 aliphatic rings. The maximum absolute atomic E-state index is 12.7. The quantitative estimate of drug-likeness (QED) is 0.622. The number of sulfonamides is 1. The number of amides is 2. The molecule has 0 unspecified atom stereocenters. The Morgan fingerprint density at radius 1 is 1.03 bits per heavy atom. The molecule has 1 fully saturated rings. The number of nitrogens with one attached hydrogen (secondary N) is 1. The zero-order valence-electron chi connectivity index (χ0n) is 15.9. The molecule has 0 aliphatic carbocycles. The summed E-state index contributed by atoms with van der Waals surface area (Å²) in [6.07, 6.45) is 0.302.